The van der Waals surface area contributed by atoms with Gasteiger partial charge >= 0.3 is 0 Å². The molecule has 0 atom stereocenters. The second-order valence-electron chi connectivity index (χ2n) is 4.58. The van der Waals surface area contributed by atoms with Crippen LogP contribution in [0.2, 0.25) is 0 Å². The maximum Gasteiger partial charge on any atom is 0.120 e. The van der Waals surface area contributed by atoms with Gasteiger partial charge < -0.3 is 9.53 Å². The van der Waals surface area contributed by atoms with E-state index in [0.29, 0.717) is 12.3 Å². The fourth-order valence-corrected chi connectivity index (χ4v) is 2.34. The Labute approximate surface area is 80.7 Å². The normalized spacial score (nSPS) is 21.8. The lowest BCUT2D eigenvalue weighted by molar-refractivity contribution is -0.112. The van der Waals surface area contributed by atoms with Crippen LogP contribution in [0.4, 0.5) is 0 Å². The zero-order chi connectivity index (χ0) is 9.73. The first-order valence-corrected chi connectivity index (χ1v) is 5.20. The molecule has 0 aromatic carbocycles. The van der Waals surface area contributed by atoms with Crippen molar-refractivity contribution in [3.8, 4) is 0 Å². The summed E-state index contributed by atoms with van der Waals surface area (Å²) in [6, 6.07) is 0. The molecule has 0 spiro atoms. The number of hydrogen-bond acceptors (Lipinski definition) is 2. The number of ether oxygens (including phenoxy) is 1. The average Bonchev–Trinajstić information content (AvgIpc) is 2.04. The van der Waals surface area contributed by atoms with Gasteiger partial charge in [0.25, 0.3) is 0 Å². The molecule has 1 aliphatic rings. The Morgan fingerprint density at radius 3 is 2.46 bits per heavy atom. The van der Waals surface area contributed by atoms with Crippen molar-refractivity contribution in [3.05, 3.63) is 0 Å². The minimum absolute atomic E-state index is 0.258. The Hall–Kier alpha value is -0.370. The van der Waals surface area contributed by atoms with Gasteiger partial charge in [0.2, 0.25) is 0 Å². The number of aldehydes is 1. The lowest BCUT2D eigenvalue weighted by atomic mass is 9.72. The largest absolute Gasteiger partial charge is 0.381 e. The van der Waals surface area contributed by atoms with Crippen molar-refractivity contribution in [2.24, 2.45) is 11.3 Å². The van der Waals surface area contributed by atoms with Crippen molar-refractivity contribution >= 4 is 6.29 Å². The molecule has 0 bridgehead atoms. The monoisotopic (exact) mass is 184 g/mol. The van der Waals surface area contributed by atoms with Crippen LogP contribution in [0.5, 0.6) is 0 Å². The Bertz CT molecular complexity index is 157. The molecular formula is C11H20O2. The van der Waals surface area contributed by atoms with Gasteiger partial charge in [-0.15, -0.1) is 0 Å². The molecule has 76 valence electrons. The zero-order valence-electron chi connectivity index (χ0n) is 8.71. The summed E-state index contributed by atoms with van der Waals surface area (Å²) >= 11 is 0. The predicted molar refractivity (Wildman–Crippen MR) is 52.6 cm³/mol. The fourth-order valence-electron chi connectivity index (χ4n) is 2.34. The van der Waals surface area contributed by atoms with E-state index in [9.17, 15) is 4.79 Å². The Morgan fingerprint density at radius 2 is 2.00 bits per heavy atom. The van der Waals surface area contributed by atoms with Crippen molar-refractivity contribution in [1.29, 1.82) is 0 Å². The molecule has 0 aromatic rings. The smallest absolute Gasteiger partial charge is 0.120 e. The highest BCUT2D eigenvalue weighted by atomic mass is 16.5. The molecule has 2 nitrogen and oxygen atoms in total. The fraction of sp³-hybridized carbons (Fsp3) is 0.909. The van der Waals surface area contributed by atoms with Crippen LogP contribution in [0, 0.1) is 11.3 Å². The molecule has 1 rings (SSSR count). The summed E-state index contributed by atoms with van der Waals surface area (Å²) < 4.78 is 5.34. The quantitative estimate of drug-likeness (QED) is 0.627. The second kappa shape index (κ2) is 4.75. The third-order valence-corrected chi connectivity index (χ3v) is 2.91. The van der Waals surface area contributed by atoms with E-state index in [1.54, 1.807) is 0 Å². The van der Waals surface area contributed by atoms with Crippen LogP contribution in [0.1, 0.15) is 39.5 Å². The van der Waals surface area contributed by atoms with Crippen LogP contribution in [-0.4, -0.2) is 19.5 Å². The van der Waals surface area contributed by atoms with E-state index in [1.165, 1.54) is 0 Å². The van der Waals surface area contributed by atoms with Crippen LogP contribution in [-0.2, 0) is 9.53 Å². The first-order valence-electron chi connectivity index (χ1n) is 5.20. The van der Waals surface area contributed by atoms with Crippen LogP contribution in [0.3, 0.4) is 0 Å². The highest BCUT2D eigenvalue weighted by molar-refractivity contribution is 5.50. The summed E-state index contributed by atoms with van der Waals surface area (Å²) in [4.78, 5) is 10.6. The molecule has 2 heteroatoms. The Kier molecular flexibility index (Phi) is 3.91. The van der Waals surface area contributed by atoms with E-state index in [0.717, 1.165) is 38.8 Å². The van der Waals surface area contributed by atoms with Crippen LogP contribution < -0.4 is 0 Å². The Balaban J connectivity index is 2.55. The Morgan fingerprint density at radius 1 is 1.38 bits per heavy atom. The summed E-state index contributed by atoms with van der Waals surface area (Å²) in [6.07, 6.45) is 5.07. The van der Waals surface area contributed by atoms with Crippen LogP contribution in [0.25, 0.3) is 0 Å². The average molecular weight is 184 g/mol. The van der Waals surface area contributed by atoms with E-state index < -0.39 is 0 Å². The standard InChI is InChI=1S/C11H20O2/c1-10(2)9-11(3-6-12)4-7-13-8-5-11/h6,10H,3-5,7-9H2,1-2H3. The predicted octanol–water partition coefficient (Wildman–Crippen LogP) is 2.42. The summed E-state index contributed by atoms with van der Waals surface area (Å²) in [5, 5.41) is 0. The van der Waals surface area contributed by atoms with E-state index in [-0.39, 0.29) is 5.41 Å². The topological polar surface area (TPSA) is 26.3 Å². The molecule has 0 N–H and O–H groups in total. The van der Waals surface area contributed by atoms with Crippen LogP contribution >= 0.6 is 0 Å². The van der Waals surface area contributed by atoms with Gasteiger partial charge in [0, 0.05) is 19.6 Å². The SMILES string of the molecule is CC(C)CC1(CC=O)CCOCC1. The number of hydrogen-bond donors (Lipinski definition) is 0. The molecular weight excluding hydrogens is 164 g/mol. The van der Waals surface area contributed by atoms with Gasteiger partial charge in [-0.3, -0.25) is 0 Å². The second-order valence-corrected chi connectivity index (χ2v) is 4.58. The third kappa shape index (κ3) is 3.11. The van der Waals surface area contributed by atoms with Gasteiger partial charge in [0.15, 0.2) is 0 Å². The highest BCUT2D eigenvalue weighted by Gasteiger charge is 2.32. The van der Waals surface area contributed by atoms with Gasteiger partial charge in [-0.2, -0.15) is 0 Å². The molecule has 0 unspecified atom stereocenters. The van der Waals surface area contributed by atoms with E-state index in [1.807, 2.05) is 0 Å². The number of rotatable bonds is 4. The summed E-state index contributed by atoms with van der Waals surface area (Å²) in [6.45, 7) is 6.12. The van der Waals surface area contributed by atoms with Crippen molar-refractivity contribution in [3.63, 3.8) is 0 Å². The molecule has 13 heavy (non-hydrogen) atoms. The van der Waals surface area contributed by atoms with E-state index in [4.69, 9.17) is 4.74 Å². The van der Waals surface area contributed by atoms with Crippen molar-refractivity contribution in [1.82, 2.24) is 0 Å². The number of carbonyl (C=O) groups excluding carboxylic acids is 1. The molecule has 1 aliphatic heterocycles. The zero-order valence-corrected chi connectivity index (χ0v) is 8.71. The van der Waals surface area contributed by atoms with Crippen molar-refractivity contribution in [2.75, 3.05) is 13.2 Å². The minimum atomic E-state index is 0.258. The summed E-state index contributed by atoms with van der Waals surface area (Å²) in [5.74, 6) is 0.679. The van der Waals surface area contributed by atoms with Crippen LogP contribution in [0.15, 0.2) is 0 Å². The molecule has 1 heterocycles. The molecule has 1 saturated heterocycles. The summed E-state index contributed by atoms with van der Waals surface area (Å²) in [5.41, 5.74) is 0.258. The molecule has 0 saturated carbocycles. The van der Waals surface area contributed by atoms with Gasteiger partial charge in [0.1, 0.15) is 6.29 Å². The molecule has 0 aliphatic carbocycles. The van der Waals surface area contributed by atoms with Crippen molar-refractivity contribution < 1.29 is 9.53 Å². The molecule has 0 amide bonds. The highest BCUT2D eigenvalue weighted by Crippen LogP contribution is 2.39. The third-order valence-electron chi connectivity index (χ3n) is 2.91. The van der Waals surface area contributed by atoms with E-state index >= 15 is 0 Å². The van der Waals surface area contributed by atoms with Gasteiger partial charge in [-0.05, 0) is 30.6 Å². The lowest BCUT2D eigenvalue weighted by Gasteiger charge is -2.37. The minimum Gasteiger partial charge on any atom is -0.381 e. The maximum atomic E-state index is 10.6. The van der Waals surface area contributed by atoms with Crippen molar-refractivity contribution in [2.45, 2.75) is 39.5 Å². The molecule has 0 radical (unpaired) electrons. The first kappa shape index (κ1) is 10.7. The van der Waals surface area contributed by atoms with Gasteiger partial charge in [0.05, 0.1) is 0 Å². The van der Waals surface area contributed by atoms with Gasteiger partial charge in [-0.25, -0.2) is 0 Å². The lowest BCUT2D eigenvalue weighted by Crippen LogP contribution is -2.31. The first-order chi connectivity index (χ1) is 6.18. The maximum absolute atomic E-state index is 10.6. The molecule has 0 aromatic heterocycles. The summed E-state index contributed by atoms with van der Waals surface area (Å²) in [7, 11) is 0. The number of carbonyl (C=O) groups is 1. The van der Waals surface area contributed by atoms with Gasteiger partial charge in [-0.1, -0.05) is 13.8 Å². The molecule has 1 fully saturated rings. The van der Waals surface area contributed by atoms with E-state index in [2.05, 4.69) is 13.8 Å².